The summed E-state index contributed by atoms with van der Waals surface area (Å²) in [6, 6.07) is 5.57. The van der Waals surface area contributed by atoms with E-state index in [4.69, 9.17) is 9.97 Å². The van der Waals surface area contributed by atoms with E-state index in [1.807, 2.05) is 25.2 Å². The first-order valence-corrected chi connectivity index (χ1v) is 11.8. The van der Waals surface area contributed by atoms with Crippen LogP contribution >= 0.6 is 0 Å². The van der Waals surface area contributed by atoms with Crippen LogP contribution in [0.25, 0.3) is 10.9 Å². The van der Waals surface area contributed by atoms with Gasteiger partial charge in [0.2, 0.25) is 11.9 Å². The number of pyridine rings is 2. The largest absolute Gasteiger partial charge is 0.387 e. The van der Waals surface area contributed by atoms with E-state index >= 15 is 0 Å². The highest BCUT2D eigenvalue weighted by atomic mass is 16.3. The van der Waals surface area contributed by atoms with Gasteiger partial charge in [-0.3, -0.25) is 4.79 Å². The summed E-state index contributed by atoms with van der Waals surface area (Å²) in [5.41, 5.74) is 2.15. The average Bonchev–Trinajstić information content (AvgIpc) is 3.32. The highest BCUT2D eigenvalue weighted by molar-refractivity contribution is 5.93. The molecule has 5 heterocycles. The number of fused-ring (bicyclic) bond motifs is 1. The number of hydrogen-bond acceptors (Lipinski definition) is 9. The molecule has 0 spiro atoms. The molecule has 1 amide bonds. The van der Waals surface area contributed by atoms with E-state index in [2.05, 4.69) is 25.1 Å². The van der Waals surface area contributed by atoms with Gasteiger partial charge in [-0.1, -0.05) is 0 Å². The third kappa shape index (κ3) is 4.64. The number of anilines is 4. The fourth-order valence-electron chi connectivity index (χ4n) is 4.40. The van der Waals surface area contributed by atoms with Crippen LogP contribution in [0.1, 0.15) is 38.0 Å². The van der Waals surface area contributed by atoms with Crippen molar-refractivity contribution in [3.63, 3.8) is 0 Å². The normalized spacial score (nSPS) is 18.4. The maximum Gasteiger partial charge on any atom is 0.229 e. The van der Waals surface area contributed by atoms with Gasteiger partial charge >= 0.3 is 0 Å². The molecule has 0 aliphatic carbocycles. The Balaban J connectivity index is 1.40. The van der Waals surface area contributed by atoms with Crippen LogP contribution in [0, 0.1) is 0 Å². The van der Waals surface area contributed by atoms with Crippen LogP contribution in [0.2, 0.25) is 0 Å². The summed E-state index contributed by atoms with van der Waals surface area (Å²) in [4.78, 5) is 37.1. The van der Waals surface area contributed by atoms with Crippen molar-refractivity contribution in [2.45, 2.75) is 32.3 Å². The monoisotopic (exact) mass is 462 g/mol. The van der Waals surface area contributed by atoms with Crippen molar-refractivity contribution in [3.8, 4) is 0 Å². The number of aromatic nitrogens is 4. The quantitative estimate of drug-likeness (QED) is 0.591. The number of nitrogens with zero attached hydrogens (tertiary/aromatic N) is 7. The maximum atomic E-state index is 12.5. The number of likely N-dealkylation sites (N-methyl/N-ethyl adjacent to an activating group) is 1. The van der Waals surface area contributed by atoms with Gasteiger partial charge in [0.15, 0.2) is 5.82 Å². The van der Waals surface area contributed by atoms with E-state index in [-0.39, 0.29) is 5.91 Å². The molecule has 0 unspecified atom stereocenters. The zero-order valence-corrected chi connectivity index (χ0v) is 19.6. The Labute approximate surface area is 198 Å². The standard InChI is InChI=1S/C24H30N8O2/c1-16(33)19-13-17-14-26-24(29-22(17)23(27-19)31-8-3-4-9-31)28-20-6-5-18(15-25-20)32-12-11-30(2)10-7-21(32)34/h5-6,13-16,33H,3-4,7-12H2,1-2H3,(H,25,26,28,29)/t16-/m1/s1. The Bertz CT molecular complexity index is 1180. The molecule has 178 valence electrons. The number of hydrogen-bond donors (Lipinski definition) is 2. The second kappa shape index (κ2) is 9.47. The minimum Gasteiger partial charge on any atom is -0.387 e. The Morgan fingerprint density at radius 3 is 2.59 bits per heavy atom. The molecule has 0 radical (unpaired) electrons. The third-order valence-electron chi connectivity index (χ3n) is 6.41. The summed E-state index contributed by atoms with van der Waals surface area (Å²) in [5.74, 6) is 1.92. The zero-order chi connectivity index (χ0) is 23.7. The summed E-state index contributed by atoms with van der Waals surface area (Å²) in [6.45, 7) is 5.82. The first kappa shape index (κ1) is 22.4. The number of carbonyl (C=O) groups excluding carboxylic acids is 1. The van der Waals surface area contributed by atoms with Gasteiger partial charge in [-0.15, -0.1) is 0 Å². The van der Waals surface area contributed by atoms with Crippen molar-refractivity contribution in [2.75, 3.05) is 54.9 Å². The fourth-order valence-corrected chi connectivity index (χ4v) is 4.40. The second-order valence-corrected chi connectivity index (χ2v) is 9.00. The van der Waals surface area contributed by atoms with Crippen LogP contribution in [0.3, 0.4) is 0 Å². The van der Waals surface area contributed by atoms with Crippen LogP contribution in [-0.4, -0.2) is 75.6 Å². The molecule has 5 rings (SSSR count). The van der Waals surface area contributed by atoms with Crippen LogP contribution < -0.4 is 15.1 Å². The summed E-state index contributed by atoms with van der Waals surface area (Å²) >= 11 is 0. The molecule has 2 aliphatic rings. The van der Waals surface area contributed by atoms with Gasteiger partial charge < -0.3 is 25.1 Å². The third-order valence-corrected chi connectivity index (χ3v) is 6.41. The molecule has 2 fully saturated rings. The molecular formula is C24H30N8O2. The highest BCUT2D eigenvalue weighted by Gasteiger charge is 2.22. The van der Waals surface area contributed by atoms with Crippen molar-refractivity contribution in [1.29, 1.82) is 0 Å². The molecule has 10 nitrogen and oxygen atoms in total. The van der Waals surface area contributed by atoms with Gasteiger partial charge in [0.05, 0.1) is 23.7 Å². The minimum atomic E-state index is -0.664. The van der Waals surface area contributed by atoms with Gasteiger partial charge in [-0.2, -0.15) is 0 Å². The molecule has 2 saturated heterocycles. The second-order valence-electron chi connectivity index (χ2n) is 9.00. The van der Waals surface area contributed by atoms with E-state index in [1.54, 1.807) is 24.2 Å². The van der Waals surface area contributed by atoms with Gasteiger partial charge in [-0.25, -0.2) is 19.9 Å². The van der Waals surface area contributed by atoms with E-state index in [0.29, 0.717) is 30.4 Å². The molecule has 0 bridgehead atoms. The molecule has 34 heavy (non-hydrogen) atoms. The Morgan fingerprint density at radius 2 is 1.85 bits per heavy atom. The van der Waals surface area contributed by atoms with E-state index in [1.165, 1.54) is 0 Å². The van der Waals surface area contributed by atoms with Gasteiger partial charge in [-0.05, 0) is 45.0 Å². The molecule has 3 aromatic heterocycles. The van der Waals surface area contributed by atoms with Crippen molar-refractivity contribution >= 4 is 40.1 Å². The lowest BCUT2D eigenvalue weighted by atomic mass is 10.2. The predicted octanol–water partition coefficient (Wildman–Crippen LogP) is 2.49. The lowest BCUT2D eigenvalue weighted by molar-refractivity contribution is -0.118. The Morgan fingerprint density at radius 1 is 1.03 bits per heavy atom. The first-order chi connectivity index (χ1) is 16.5. The smallest absolute Gasteiger partial charge is 0.229 e. The Hall–Kier alpha value is -3.37. The summed E-state index contributed by atoms with van der Waals surface area (Å²) < 4.78 is 0. The molecule has 10 heteroatoms. The summed E-state index contributed by atoms with van der Waals surface area (Å²) in [5, 5.41) is 14.1. The molecule has 0 aromatic carbocycles. The van der Waals surface area contributed by atoms with Gasteiger partial charge in [0, 0.05) is 50.7 Å². The highest BCUT2D eigenvalue weighted by Crippen LogP contribution is 2.29. The maximum absolute atomic E-state index is 12.5. The predicted molar refractivity (Wildman–Crippen MR) is 131 cm³/mol. The average molecular weight is 463 g/mol. The van der Waals surface area contributed by atoms with Crippen molar-refractivity contribution in [2.24, 2.45) is 0 Å². The summed E-state index contributed by atoms with van der Waals surface area (Å²) in [7, 11) is 2.03. The number of nitrogens with one attached hydrogen (secondary N) is 1. The molecular weight excluding hydrogens is 432 g/mol. The topological polar surface area (TPSA) is 111 Å². The zero-order valence-electron chi connectivity index (χ0n) is 19.6. The van der Waals surface area contributed by atoms with Crippen LogP contribution in [0.4, 0.5) is 23.3 Å². The minimum absolute atomic E-state index is 0.114. The SMILES string of the molecule is C[C@@H](O)c1cc2cnc(Nc3ccc(N4CCN(C)CCC4=O)cn3)nc2c(N2CCCC2)n1. The van der Waals surface area contributed by atoms with E-state index in [9.17, 15) is 9.90 Å². The van der Waals surface area contributed by atoms with Crippen LogP contribution in [0.5, 0.6) is 0 Å². The first-order valence-electron chi connectivity index (χ1n) is 11.8. The Kier molecular flexibility index (Phi) is 6.25. The molecule has 2 N–H and O–H groups in total. The van der Waals surface area contributed by atoms with Gasteiger partial charge in [0.1, 0.15) is 11.3 Å². The number of aliphatic hydroxyl groups excluding tert-OH is 1. The van der Waals surface area contributed by atoms with E-state index < -0.39 is 6.10 Å². The van der Waals surface area contributed by atoms with Crippen molar-refractivity contribution in [3.05, 3.63) is 36.3 Å². The lowest BCUT2D eigenvalue weighted by Crippen LogP contribution is -2.32. The number of rotatable bonds is 5. The lowest BCUT2D eigenvalue weighted by Gasteiger charge is -2.21. The van der Waals surface area contributed by atoms with Crippen molar-refractivity contribution < 1.29 is 9.90 Å². The van der Waals surface area contributed by atoms with Crippen molar-refractivity contribution in [1.82, 2.24) is 24.8 Å². The van der Waals surface area contributed by atoms with Gasteiger partial charge in [0.25, 0.3) is 0 Å². The van der Waals surface area contributed by atoms with Crippen LogP contribution in [0.15, 0.2) is 30.6 Å². The molecule has 0 saturated carbocycles. The molecule has 1 atom stereocenters. The number of carbonyl (C=O) groups is 1. The van der Waals surface area contributed by atoms with E-state index in [0.717, 1.165) is 61.4 Å². The molecule has 3 aromatic rings. The number of amides is 1. The number of aliphatic hydroxyl groups is 1. The fraction of sp³-hybridized carbons (Fsp3) is 0.458. The summed E-state index contributed by atoms with van der Waals surface area (Å²) in [6.07, 6.45) is 5.53. The molecule has 2 aliphatic heterocycles. The van der Waals surface area contributed by atoms with Crippen LogP contribution in [-0.2, 0) is 4.79 Å².